The van der Waals surface area contributed by atoms with Crippen molar-refractivity contribution in [1.29, 1.82) is 0 Å². The quantitative estimate of drug-likeness (QED) is 0.498. The molecule has 5 nitrogen and oxygen atoms in total. The Balaban J connectivity index is 1.93. The van der Waals surface area contributed by atoms with Gasteiger partial charge in [-0.3, -0.25) is 14.4 Å². The molecule has 1 aromatic rings. The maximum Gasteiger partial charge on any atom is 0.315 e. The highest BCUT2D eigenvalue weighted by atomic mass is 35.5. The minimum absolute atomic E-state index is 0.0616. The Morgan fingerprint density at radius 2 is 1.74 bits per heavy atom. The van der Waals surface area contributed by atoms with E-state index in [1.165, 1.54) is 13.8 Å². The molecule has 1 aliphatic rings. The topological polar surface area (TPSA) is 72.5 Å². The summed E-state index contributed by atoms with van der Waals surface area (Å²) in [5, 5.41) is 2.61. The first-order valence-electron chi connectivity index (χ1n) is 7.07. The Morgan fingerprint density at radius 3 is 2.17 bits per heavy atom. The monoisotopic (exact) mass is 357 g/mol. The molecule has 2 atom stereocenters. The summed E-state index contributed by atoms with van der Waals surface area (Å²) >= 11 is 11.8. The summed E-state index contributed by atoms with van der Waals surface area (Å²) in [5.74, 6) is -1.14. The van der Waals surface area contributed by atoms with Gasteiger partial charge in [-0.2, -0.15) is 0 Å². The lowest BCUT2D eigenvalue weighted by atomic mass is 10.1. The molecule has 0 unspecified atom stereocenters. The van der Waals surface area contributed by atoms with E-state index in [9.17, 15) is 14.4 Å². The van der Waals surface area contributed by atoms with Gasteiger partial charge in [-0.05, 0) is 45.0 Å². The maximum absolute atomic E-state index is 12.1. The third-order valence-electron chi connectivity index (χ3n) is 3.92. The maximum atomic E-state index is 12.1. The number of carbonyl (C=O) groups is 3. The summed E-state index contributed by atoms with van der Waals surface area (Å²) in [7, 11) is 0. The number of benzene rings is 1. The number of carbonyl (C=O) groups excluding carboxylic acids is 3. The highest BCUT2D eigenvalue weighted by molar-refractivity contribution is 6.53. The molecule has 23 heavy (non-hydrogen) atoms. The summed E-state index contributed by atoms with van der Waals surface area (Å²) in [6.45, 7) is 4.52. The fourth-order valence-electron chi connectivity index (χ4n) is 2.00. The van der Waals surface area contributed by atoms with E-state index in [1.807, 2.05) is 0 Å². The fourth-order valence-corrected chi connectivity index (χ4v) is 2.69. The minimum Gasteiger partial charge on any atom is -0.452 e. The Kier molecular flexibility index (Phi) is 4.74. The molecule has 1 aliphatic carbocycles. The Labute approximate surface area is 144 Å². The number of esters is 1. The number of amides is 1. The van der Waals surface area contributed by atoms with Gasteiger partial charge < -0.3 is 10.1 Å². The zero-order valence-corrected chi connectivity index (χ0v) is 14.5. The van der Waals surface area contributed by atoms with Crippen LogP contribution in [-0.2, 0) is 14.3 Å². The third-order valence-corrected chi connectivity index (χ3v) is 5.02. The SMILES string of the molecule is CC(=O)c1ccc(NC(=O)[C@@H](C)OC(=O)[C@]2(C)CC2(Cl)Cl)cc1. The lowest BCUT2D eigenvalue weighted by molar-refractivity contribution is -0.158. The lowest BCUT2D eigenvalue weighted by Crippen LogP contribution is -2.33. The molecular formula is C16H17Cl2NO4. The summed E-state index contributed by atoms with van der Waals surface area (Å²) in [6.07, 6.45) is -0.695. The van der Waals surface area contributed by atoms with E-state index >= 15 is 0 Å². The molecule has 1 fully saturated rings. The molecule has 0 saturated heterocycles. The van der Waals surface area contributed by atoms with E-state index in [0.717, 1.165) is 0 Å². The predicted octanol–water partition coefficient (Wildman–Crippen LogP) is 3.34. The van der Waals surface area contributed by atoms with Gasteiger partial charge in [0.2, 0.25) is 0 Å². The second kappa shape index (κ2) is 6.13. The van der Waals surface area contributed by atoms with E-state index in [2.05, 4.69) is 5.32 Å². The van der Waals surface area contributed by atoms with Crippen molar-refractivity contribution in [2.75, 3.05) is 5.32 Å². The highest BCUT2D eigenvalue weighted by Gasteiger charge is 2.69. The van der Waals surface area contributed by atoms with Gasteiger partial charge in [0.1, 0.15) is 9.75 Å². The molecule has 0 spiro atoms. The summed E-state index contributed by atoms with van der Waals surface area (Å²) in [6, 6.07) is 6.42. The molecule has 2 rings (SSSR count). The predicted molar refractivity (Wildman–Crippen MR) is 87.8 cm³/mol. The van der Waals surface area contributed by atoms with Crippen LogP contribution in [0.2, 0.25) is 0 Å². The number of alkyl halides is 2. The third kappa shape index (κ3) is 3.67. The van der Waals surface area contributed by atoms with E-state index < -0.39 is 27.7 Å². The van der Waals surface area contributed by atoms with Crippen molar-refractivity contribution in [3.8, 4) is 0 Å². The standard InChI is InChI=1S/C16H17Cl2NO4/c1-9(20)11-4-6-12(7-5-11)19-13(21)10(2)23-14(22)15(3)8-16(15,17)18/h4-7,10H,8H2,1-3H3,(H,19,21)/t10-,15+/m1/s1. The molecule has 0 aliphatic heterocycles. The van der Waals surface area contributed by atoms with Crippen LogP contribution in [0.1, 0.15) is 37.6 Å². The number of ether oxygens (including phenoxy) is 1. The van der Waals surface area contributed by atoms with Gasteiger partial charge >= 0.3 is 5.97 Å². The van der Waals surface area contributed by atoms with Crippen LogP contribution >= 0.6 is 23.2 Å². The van der Waals surface area contributed by atoms with Gasteiger partial charge in [0.05, 0.1) is 0 Å². The molecule has 0 heterocycles. The number of ketones is 1. The van der Waals surface area contributed by atoms with Crippen LogP contribution < -0.4 is 5.32 Å². The van der Waals surface area contributed by atoms with E-state index in [1.54, 1.807) is 31.2 Å². The van der Waals surface area contributed by atoms with Crippen LogP contribution in [0.25, 0.3) is 0 Å². The highest BCUT2D eigenvalue weighted by Crippen LogP contribution is 2.64. The molecule has 1 amide bonds. The Bertz CT molecular complexity index is 657. The Morgan fingerprint density at radius 1 is 1.22 bits per heavy atom. The zero-order valence-electron chi connectivity index (χ0n) is 13.0. The second-order valence-corrected chi connectivity index (χ2v) is 7.37. The molecule has 7 heteroatoms. The number of anilines is 1. The second-order valence-electron chi connectivity index (χ2n) is 5.88. The molecule has 1 aromatic carbocycles. The van der Waals surface area contributed by atoms with Crippen LogP contribution in [0.3, 0.4) is 0 Å². The molecule has 0 aromatic heterocycles. The average Bonchev–Trinajstić information content (AvgIpc) is 2.99. The first kappa shape index (κ1) is 17.8. The van der Waals surface area contributed by atoms with Gasteiger partial charge in [0.15, 0.2) is 11.9 Å². The first-order valence-corrected chi connectivity index (χ1v) is 7.83. The van der Waals surface area contributed by atoms with Crippen LogP contribution in [0.15, 0.2) is 24.3 Å². The van der Waals surface area contributed by atoms with Gasteiger partial charge in [-0.25, -0.2) is 0 Å². The van der Waals surface area contributed by atoms with Crippen molar-refractivity contribution in [2.45, 2.75) is 37.6 Å². The van der Waals surface area contributed by atoms with Crippen molar-refractivity contribution in [3.05, 3.63) is 29.8 Å². The van der Waals surface area contributed by atoms with Crippen LogP contribution in [0, 0.1) is 5.41 Å². The normalized spacial score (nSPS) is 22.8. The summed E-state index contributed by atoms with van der Waals surface area (Å²) < 4.78 is 4.00. The van der Waals surface area contributed by atoms with Gasteiger partial charge in [-0.15, -0.1) is 23.2 Å². The van der Waals surface area contributed by atoms with E-state index in [0.29, 0.717) is 17.7 Å². The smallest absolute Gasteiger partial charge is 0.315 e. The van der Waals surface area contributed by atoms with Crippen molar-refractivity contribution in [3.63, 3.8) is 0 Å². The molecular weight excluding hydrogens is 341 g/mol. The van der Waals surface area contributed by atoms with Gasteiger partial charge in [0, 0.05) is 17.7 Å². The van der Waals surface area contributed by atoms with Crippen molar-refractivity contribution >= 4 is 46.5 Å². The molecule has 0 bridgehead atoms. The number of halogens is 2. The van der Waals surface area contributed by atoms with Gasteiger partial charge in [-0.1, -0.05) is 0 Å². The van der Waals surface area contributed by atoms with E-state index in [-0.39, 0.29) is 5.78 Å². The van der Waals surface area contributed by atoms with Crippen LogP contribution in [-0.4, -0.2) is 28.1 Å². The summed E-state index contributed by atoms with van der Waals surface area (Å²) in [5.41, 5.74) is 0.0719. The molecule has 124 valence electrons. The van der Waals surface area contributed by atoms with Crippen LogP contribution in [0.4, 0.5) is 5.69 Å². The average molecular weight is 358 g/mol. The van der Waals surface area contributed by atoms with Crippen molar-refractivity contribution in [1.82, 2.24) is 0 Å². The molecule has 0 radical (unpaired) electrons. The number of hydrogen-bond acceptors (Lipinski definition) is 4. The molecule has 1 saturated carbocycles. The van der Waals surface area contributed by atoms with E-state index in [4.69, 9.17) is 27.9 Å². The van der Waals surface area contributed by atoms with Crippen LogP contribution in [0.5, 0.6) is 0 Å². The number of Topliss-reactive ketones (excluding diaryl/α,β-unsaturated/α-hetero) is 1. The largest absolute Gasteiger partial charge is 0.452 e. The summed E-state index contributed by atoms with van der Waals surface area (Å²) in [4.78, 5) is 35.3. The van der Waals surface area contributed by atoms with Crippen molar-refractivity contribution in [2.24, 2.45) is 5.41 Å². The Hall–Kier alpha value is -1.59. The lowest BCUT2D eigenvalue weighted by Gasteiger charge is -2.17. The number of rotatable bonds is 5. The number of hydrogen-bond donors (Lipinski definition) is 1. The van der Waals surface area contributed by atoms with Crippen molar-refractivity contribution < 1.29 is 19.1 Å². The molecule has 1 N–H and O–H groups in total. The number of nitrogens with one attached hydrogen (secondary N) is 1. The zero-order chi connectivity index (χ0) is 17.4. The fraction of sp³-hybridized carbons (Fsp3) is 0.438. The van der Waals surface area contributed by atoms with Gasteiger partial charge in [0.25, 0.3) is 5.91 Å². The first-order chi connectivity index (χ1) is 10.6. The minimum atomic E-state index is -1.14.